The van der Waals surface area contributed by atoms with Crippen LogP contribution in [0.3, 0.4) is 0 Å². The molecule has 0 fully saturated rings. The molecule has 0 aliphatic carbocycles. The molecular weight excluding hydrogens is 411 g/mol. The molecule has 0 unspecified atom stereocenters. The second-order valence-electron chi connectivity index (χ2n) is 3.81. The van der Waals surface area contributed by atoms with E-state index in [2.05, 4.69) is 37.4 Å². The second-order valence-corrected chi connectivity index (χ2v) is 3.81. The molecule has 19 heavy (non-hydrogen) atoms. The molecule has 2 aromatic carbocycles. The van der Waals surface area contributed by atoms with Gasteiger partial charge in [0, 0.05) is 0 Å². The molecule has 0 aliphatic rings. The maximum atomic E-state index is 3.64. The van der Waals surface area contributed by atoms with Crippen molar-refractivity contribution >= 4 is 0 Å². The van der Waals surface area contributed by atoms with Crippen molar-refractivity contribution < 1.29 is 21.1 Å². The Labute approximate surface area is 131 Å². The van der Waals surface area contributed by atoms with Crippen LogP contribution in [0.15, 0.2) is 73.8 Å². The molecule has 0 heterocycles. The summed E-state index contributed by atoms with van der Waals surface area (Å²) in [7, 11) is 0. The average Bonchev–Trinajstić information content (AvgIpc) is 2.43. The minimum atomic E-state index is 0. The van der Waals surface area contributed by atoms with Crippen LogP contribution in [0.5, 0.6) is 0 Å². The van der Waals surface area contributed by atoms with Gasteiger partial charge in [0.05, 0.1) is 0 Å². The normalized spacial score (nSPS) is 8.42. The summed E-state index contributed by atoms with van der Waals surface area (Å²) < 4.78 is 0. The van der Waals surface area contributed by atoms with Crippen molar-refractivity contribution in [3.63, 3.8) is 0 Å². The van der Waals surface area contributed by atoms with E-state index in [1.165, 1.54) is 11.1 Å². The minimum absolute atomic E-state index is 0. The number of hydrogen-bond acceptors (Lipinski definition) is 0. The molecule has 0 saturated heterocycles. The van der Waals surface area contributed by atoms with Gasteiger partial charge in [-0.2, -0.15) is 71.8 Å². The maximum Gasteiger partial charge on any atom is 2.00 e. The van der Waals surface area contributed by atoms with Gasteiger partial charge in [-0.25, -0.2) is 0 Å². The number of allylic oxidation sites excluding steroid dienone is 2. The van der Waals surface area contributed by atoms with Gasteiger partial charge in [0.1, 0.15) is 0 Å². The first-order chi connectivity index (χ1) is 8.86. The van der Waals surface area contributed by atoms with Crippen molar-refractivity contribution in [1.29, 1.82) is 0 Å². The molecule has 0 radical (unpaired) electrons. The van der Waals surface area contributed by atoms with Gasteiger partial charge in [0.15, 0.2) is 0 Å². The summed E-state index contributed by atoms with van der Waals surface area (Å²) >= 11 is 0. The molecule has 0 atom stereocenters. The Kier molecular flexibility index (Phi) is 10.8. The molecule has 0 aliphatic heterocycles. The molecule has 0 nitrogen and oxygen atoms in total. The van der Waals surface area contributed by atoms with Crippen molar-refractivity contribution in [3.8, 4) is 0 Å². The van der Waals surface area contributed by atoms with Gasteiger partial charge in [-0.05, 0) is 0 Å². The molecule has 1 heteroatoms. The Morgan fingerprint density at radius 2 is 1.26 bits per heavy atom. The van der Waals surface area contributed by atoms with E-state index >= 15 is 0 Å². The summed E-state index contributed by atoms with van der Waals surface area (Å²) in [4.78, 5) is 0. The van der Waals surface area contributed by atoms with Gasteiger partial charge in [0.25, 0.3) is 0 Å². The van der Waals surface area contributed by atoms with Gasteiger partial charge < -0.3 is 0 Å². The summed E-state index contributed by atoms with van der Waals surface area (Å²) in [6, 6.07) is 21.8. The molecule has 2 aromatic rings. The van der Waals surface area contributed by atoms with Gasteiger partial charge in [-0.1, -0.05) is 25.0 Å². The van der Waals surface area contributed by atoms with E-state index in [0.717, 1.165) is 12.8 Å². The zero-order chi connectivity index (χ0) is 13.1. The summed E-state index contributed by atoms with van der Waals surface area (Å²) in [5.41, 5.74) is 2.54. The van der Waals surface area contributed by atoms with Crippen LogP contribution in [0.25, 0.3) is 0 Å². The van der Waals surface area contributed by atoms with Crippen molar-refractivity contribution in [2.45, 2.75) is 12.8 Å². The Balaban J connectivity index is 0.000000324. The fraction of sp³-hybridized carbons (Fsp3) is 0.111. The molecule has 0 amide bonds. The van der Waals surface area contributed by atoms with E-state index in [9.17, 15) is 0 Å². The molecule has 0 saturated carbocycles. The van der Waals surface area contributed by atoms with Crippen LogP contribution in [0.1, 0.15) is 11.1 Å². The van der Waals surface area contributed by atoms with E-state index in [4.69, 9.17) is 0 Å². The Morgan fingerprint density at radius 1 is 0.842 bits per heavy atom. The average molecular weight is 429 g/mol. The van der Waals surface area contributed by atoms with Crippen LogP contribution < -0.4 is 0 Å². The standard InChI is InChI=1S/2C9H9.Pt/c2*1-2-6-9-7-4-3-5-8-9;/h2*2-4,7-8H,1,6H2;/q2*-1;+2. The van der Waals surface area contributed by atoms with E-state index in [0.29, 0.717) is 0 Å². The topological polar surface area (TPSA) is 0 Å². The first kappa shape index (κ1) is 17.6. The first-order valence-corrected chi connectivity index (χ1v) is 5.98. The molecule has 2 rings (SSSR count). The van der Waals surface area contributed by atoms with Crippen LogP contribution in [0, 0.1) is 12.1 Å². The predicted octanol–water partition coefficient (Wildman–Crippen LogP) is 4.43. The molecule has 0 aromatic heterocycles. The Hall–Kier alpha value is -1.39. The van der Waals surface area contributed by atoms with E-state index < -0.39 is 0 Å². The van der Waals surface area contributed by atoms with Gasteiger partial charge >= 0.3 is 21.1 Å². The minimum Gasteiger partial charge on any atom is -0.184 e. The second kappa shape index (κ2) is 11.7. The molecule has 0 bridgehead atoms. The van der Waals surface area contributed by atoms with Crippen molar-refractivity contribution in [3.05, 3.63) is 97.1 Å². The summed E-state index contributed by atoms with van der Waals surface area (Å²) in [5, 5.41) is 0. The zero-order valence-electron chi connectivity index (χ0n) is 10.9. The monoisotopic (exact) mass is 429 g/mol. The predicted molar refractivity (Wildman–Crippen MR) is 78.4 cm³/mol. The van der Waals surface area contributed by atoms with Crippen molar-refractivity contribution in [2.75, 3.05) is 0 Å². The van der Waals surface area contributed by atoms with Crippen LogP contribution in [-0.4, -0.2) is 0 Å². The SMILES string of the molecule is C=CCc1c[c-]ccc1.C=CCc1c[c-]ccc1.[Pt+2]. The van der Waals surface area contributed by atoms with Crippen LogP contribution in [0.4, 0.5) is 0 Å². The maximum absolute atomic E-state index is 3.64. The Morgan fingerprint density at radius 3 is 1.53 bits per heavy atom. The van der Waals surface area contributed by atoms with E-state index in [1.54, 1.807) is 0 Å². The zero-order valence-corrected chi connectivity index (χ0v) is 13.2. The number of rotatable bonds is 4. The Bertz CT molecular complexity index is 400. The van der Waals surface area contributed by atoms with E-state index in [1.807, 2.05) is 48.6 Å². The third-order valence-corrected chi connectivity index (χ3v) is 2.30. The number of benzene rings is 2. The molecular formula is C18H18Pt. The smallest absolute Gasteiger partial charge is 0.184 e. The molecule has 0 spiro atoms. The van der Waals surface area contributed by atoms with Crippen LogP contribution in [-0.2, 0) is 33.9 Å². The first-order valence-electron chi connectivity index (χ1n) is 5.98. The third kappa shape index (κ3) is 8.35. The quantitative estimate of drug-likeness (QED) is 0.499. The largest absolute Gasteiger partial charge is 2.00 e. The fourth-order valence-electron chi connectivity index (χ4n) is 1.45. The summed E-state index contributed by atoms with van der Waals surface area (Å²) in [6.45, 7) is 7.28. The van der Waals surface area contributed by atoms with Crippen molar-refractivity contribution in [2.24, 2.45) is 0 Å². The van der Waals surface area contributed by atoms with Gasteiger partial charge in [-0.3, -0.25) is 0 Å². The summed E-state index contributed by atoms with van der Waals surface area (Å²) in [5.74, 6) is 0. The third-order valence-electron chi connectivity index (χ3n) is 2.30. The molecule has 0 N–H and O–H groups in total. The van der Waals surface area contributed by atoms with Crippen LogP contribution in [0.2, 0.25) is 0 Å². The van der Waals surface area contributed by atoms with E-state index in [-0.39, 0.29) is 21.1 Å². The molecule has 100 valence electrons. The van der Waals surface area contributed by atoms with Crippen LogP contribution >= 0.6 is 0 Å². The summed E-state index contributed by atoms with van der Waals surface area (Å²) in [6.07, 6.45) is 5.67. The van der Waals surface area contributed by atoms with Gasteiger partial charge in [0.2, 0.25) is 0 Å². The van der Waals surface area contributed by atoms with Gasteiger partial charge in [-0.15, -0.1) is 13.2 Å². The number of hydrogen-bond donors (Lipinski definition) is 0. The fourth-order valence-corrected chi connectivity index (χ4v) is 1.45. The van der Waals surface area contributed by atoms with Crippen molar-refractivity contribution in [1.82, 2.24) is 0 Å².